The van der Waals surface area contributed by atoms with Crippen LogP contribution in [-0.2, 0) is 14.3 Å². The van der Waals surface area contributed by atoms with Crippen molar-refractivity contribution >= 4 is 45.8 Å². The van der Waals surface area contributed by atoms with Crippen LogP contribution < -0.4 is 5.32 Å². The molecule has 2 aromatic rings. The summed E-state index contributed by atoms with van der Waals surface area (Å²) in [5, 5.41) is 14.8. The average molecular weight is 420 g/mol. The van der Waals surface area contributed by atoms with E-state index in [9.17, 15) is 19.5 Å². The van der Waals surface area contributed by atoms with E-state index < -0.39 is 29.7 Å². The Bertz CT molecular complexity index is 935. The van der Waals surface area contributed by atoms with Gasteiger partial charge in [0.05, 0.1) is 18.9 Å². The average Bonchev–Trinajstić information content (AvgIpc) is 3.11. The van der Waals surface area contributed by atoms with Gasteiger partial charge >= 0.3 is 11.9 Å². The first-order valence-corrected chi connectivity index (χ1v) is 9.82. The first-order chi connectivity index (χ1) is 13.4. The zero-order valence-corrected chi connectivity index (χ0v) is 16.5. The minimum atomic E-state index is -1.01. The molecule has 146 valence electrons. The molecule has 1 aromatic heterocycles. The summed E-state index contributed by atoms with van der Waals surface area (Å²) in [7, 11) is 1.27. The largest absolute Gasteiger partial charge is 0.481 e. The Morgan fingerprint density at radius 2 is 1.79 bits per heavy atom. The van der Waals surface area contributed by atoms with E-state index >= 15 is 0 Å². The predicted molar refractivity (Wildman–Crippen MR) is 108 cm³/mol. The smallest absolute Gasteiger partial charge is 0.341 e. The zero-order valence-electron chi connectivity index (χ0n) is 15.0. The fourth-order valence-electron chi connectivity index (χ4n) is 3.18. The standard InChI is InChI=1S/C20H18ClNO5S/c1-27-20(26)16-15(11-6-8-12(21)9-7-11)10-28-18(16)22-17(23)13-4-2-3-5-14(13)19(24)25/h2-3,6-10,13-14H,4-5H2,1H3,(H,22,23)(H,24,25)/t13-,14-/m1/s1. The third kappa shape index (κ3) is 4.10. The highest BCUT2D eigenvalue weighted by molar-refractivity contribution is 7.15. The Hall–Kier alpha value is -2.64. The van der Waals surface area contributed by atoms with Crippen molar-refractivity contribution in [2.24, 2.45) is 11.8 Å². The van der Waals surface area contributed by atoms with Crippen molar-refractivity contribution < 1.29 is 24.2 Å². The first-order valence-electron chi connectivity index (χ1n) is 8.56. The molecule has 6 nitrogen and oxygen atoms in total. The van der Waals surface area contributed by atoms with Crippen LogP contribution in [-0.4, -0.2) is 30.1 Å². The summed E-state index contributed by atoms with van der Waals surface area (Å²) in [4.78, 5) is 36.6. The van der Waals surface area contributed by atoms with Gasteiger partial charge in [-0.2, -0.15) is 0 Å². The van der Waals surface area contributed by atoms with Crippen LogP contribution in [0.5, 0.6) is 0 Å². The molecule has 0 saturated heterocycles. The van der Waals surface area contributed by atoms with Gasteiger partial charge in [0.2, 0.25) is 5.91 Å². The number of amides is 1. The fourth-order valence-corrected chi connectivity index (χ4v) is 4.26. The maximum atomic E-state index is 12.8. The van der Waals surface area contributed by atoms with E-state index in [4.69, 9.17) is 16.3 Å². The van der Waals surface area contributed by atoms with Crippen molar-refractivity contribution in [2.45, 2.75) is 12.8 Å². The van der Waals surface area contributed by atoms with Crippen LogP contribution in [0.1, 0.15) is 23.2 Å². The summed E-state index contributed by atoms with van der Waals surface area (Å²) in [5.41, 5.74) is 1.61. The number of halogens is 1. The van der Waals surface area contributed by atoms with Crippen molar-refractivity contribution in [1.82, 2.24) is 0 Å². The van der Waals surface area contributed by atoms with Gasteiger partial charge < -0.3 is 15.2 Å². The molecule has 1 heterocycles. The van der Waals surface area contributed by atoms with Crippen molar-refractivity contribution in [3.8, 4) is 11.1 Å². The van der Waals surface area contributed by atoms with Gasteiger partial charge in [0, 0.05) is 16.0 Å². The second-order valence-electron chi connectivity index (χ2n) is 6.34. The summed E-state index contributed by atoms with van der Waals surface area (Å²) in [5.74, 6) is -3.51. The van der Waals surface area contributed by atoms with Crippen molar-refractivity contribution in [3.63, 3.8) is 0 Å². The maximum absolute atomic E-state index is 12.8. The van der Waals surface area contributed by atoms with Gasteiger partial charge in [0.15, 0.2) is 0 Å². The van der Waals surface area contributed by atoms with E-state index in [1.54, 1.807) is 41.8 Å². The molecule has 0 radical (unpaired) electrons. The lowest BCUT2D eigenvalue weighted by atomic mass is 9.82. The second-order valence-corrected chi connectivity index (χ2v) is 7.65. The molecule has 1 aliphatic carbocycles. The number of thiophene rings is 1. The predicted octanol–water partition coefficient (Wildman–Crippen LogP) is 4.46. The van der Waals surface area contributed by atoms with Gasteiger partial charge in [-0.25, -0.2) is 4.79 Å². The fraction of sp³-hybridized carbons (Fsp3) is 0.250. The molecule has 0 aliphatic heterocycles. The molecule has 8 heteroatoms. The number of methoxy groups -OCH3 is 1. The van der Waals surface area contributed by atoms with Gasteiger partial charge in [0.1, 0.15) is 10.6 Å². The highest BCUT2D eigenvalue weighted by atomic mass is 35.5. The van der Waals surface area contributed by atoms with Crippen LogP contribution in [0.15, 0.2) is 41.8 Å². The van der Waals surface area contributed by atoms with Gasteiger partial charge in [-0.1, -0.05) is 35.9 Å². The third-order valence-corrected chi connectivity index (χ3v) is 5.81. The number of anilines is 1. The number of ether oxygens (including phenoxy) is 1. The van der Waals surface area contributed by atoms with Crippen LogP contribution in [0.4, 0.5) is 5.00 Å². The van der Waals surface area contributed by atoms with Crippen LogP contribution in [0.3, 0.4) is 0 Å². The molecule has 28 heavy (non-hydrogen) atoms. The lowest BCUT2D eigenvalue weighted by molar-refractivity contribution is -0.146. The summed E-state index contributed by atoms with van der Waals surface area (Å²) < 4.78 is 4.89. The molecule has 0 unspecified atom stereocenters. The topological polar surface area (TPSA) is 92.7 Å². The molecule has 0 spiro atoms. The SMILES string of the molecule is COC(=O)c1c(-c2ccc(Cl)cc2)csc1NC(=O)[C@@H]1CC=CC[C@H]1C(=O)O. The molecule has 2 N–H and O–H groups in total. The number of aliphatic carboxylic acids is 1. The van der Waals surface area contributed by atoms with Gasteiger partial charge in [-0.3, -0.25) is 9.59 Å². The van der Waals surface area contributed by atoms with E-state index in [2.05, 4.69) is 5.32 Å². The number of benzene rings is 1. The Morgan fingerprint density at radius 3 is 2.39 bits per heavy atom. The van der Waals surface area contributed by atoms with Gasteiger partial charge in [-0.05, 0) is 30.5 Å². The van der Waals surface area contributed by atoms with Gasteiger partial charge in [0.25, 0.3) is 0 Å². The summed E-state index contributed by atoms with van der Waals surface area (Å²) in [6.45, 7) is 0. The van der Waals surface area contributed by atoms with Gasteiger partial charge in [-0.15, -0.1) is 11.3 Å². The lowest BCUT2D eigenvalue weighted by Crippen LogP contribution is -2.34. The molecule has 1 aromatic carbocycles. The number of allylic oxidation sites excluding steroid dienone is 2. The van der Waals surface area contributed by atoms with E-state index in [-0.39, 0.29) is 5.56 Å². The molecule has 0 fully saturated rings. The molecule has 0 saturated carbocycles. The second kappa shape index (κ2) is 8.58. The van der Waals surface area contributed by atoms with E-state index in [1.807, 2.05) is 0 Å². The van der Waals surface area contributed by atoms with E-state index in [1.165, 1.54) is 18.4 Å². The van der Waals surface area contributed by atoms with Crippen molar-refractivity contribution in [1.29, 1.82) is 0 Å². The van der Waals surface area contributed by atoms with Crippen LogP contribution in [0.25, 0.3) is 11.1 Å². The number of hydrogen-bond donors (Lipinski definition) is 2. The number of rotatable bonds is 5. The molecule has 0 bridgehead atoms. The van der Waals surface area contributed by atoms with Crippen LogP contribution in [0, 0.1) is 11.8 Å². The Balaban J connectivity index is 1.92. The highest BCUT2D eigenvalue weighted by Crippen LogP contribution is 2.37. The summed E-state index contributed by atoms with van der Waals surface area (Å²) >= 11 is 7.12. The van der Waals surface area contributed by atoms with Crippen LogP contribution >= 0.6 is 22.9 Å². The normalized spacial score (nSPS) is 18.5. The lowest BCUT2D eigenvalue weighted by Gasteiger charge is -2.24. The Morgan fingerprint density at radius 1 is 1.14 bits per heavy atom. The Labute approximate surface area is 170 Å². The number of esters is 1. The molecule has 3 rings (SSSR count). The minimum Gasteiger partial charge on any atom is -0.481 e. The number of nitrogens with one attached hydrogen (secondary N) is 1. The Kier molecular flexibility index (Phi) is 6.16. The number of carboxylic acids is 1. The molecular formula is C20H18ClNO5S. The molecule has 1 amide bonds. The van der Waals surface area contributed by atoms with Crippen LogP contribution in [0.2, 0.25) is 5.02 Å². The number of carbonyl (C=O) groups is 3. The quantitative estimate of drug-likeness (QED) is 0.551. The summed E-state index contributed by atoms with van der Waals surface area (Å²) in [6, 6.07) is 6.96. The minimum absolute atomic E-state index is 0.237. The summed E-state index contributed by atoms with van der Waals surface area (Å²) in [6.07, 6.45) is 4.22. The third-order valence-electron chi connectivity index (χ3n) is 4.66. The molecule has 1 aliphatic rings. The van der Waals surface area contributed by atoms with E-state index in [0.717, 1.165) is 5.56 Å². The highest BCUT2D eigenvalue weighted by Gasteiger charge is 2.35. The molecular weight excluding hydrogens is 402 g/mol. The number of carbonyl (C=O) groups excluding carboxylic acids is 2. The maximum Gasteiger partial charge on any atom is 0.341 e. The van der Waals surface area contributed by atoms with Crippen molar-refractivity contribution in [2.75, 3.05) is 12.4 Å². The molecule has 2 atom stereocenters. The number of hydrogen-bond acceptors (Lipinski definition) is 5. The zero-order chi connectivity index (χ0) is 20.3. The monoisotopic (exact) mass is 419 g/mol. The van der Waals surface area contributed by atoms with Crippen molar-refractivity contribution in [3.05, 3.63) is 52.4 Å². The first kappa shape index (κ1) is 20.1. The number of carboxylic acid groups (broad SMARTS) is 1. The van der Waals surface area contributed by atoms with E-state index in [0.29, 0.717) is 28.4 Å².